The van der Waals surface area contributed by atoms with Crippen molar-refractivity contribution >= 4 is 21.4 Å². The first-order valence-corrected chi connectivity index (χ1v) is 9.19. The van der Waals surface area contributed by atoms with Crippen molar-refractivity contribution in [2.45, 2.75) is 49.9 Å². The van der Waals surface area contributed by atoms with Gasteiger partial charge in [-0.1, -0.05) is 6.92 Å². The second kappa shape index (κ2) is 6.35. The summed E-state index contributed by atoms with van der Waals surface area (Å²) in [6.07, 6.45) is 3.36. The molecule has 1 heterocycles. The third-order valence-electron chi connectivity index (χ3n) is 3.32. The maximum absolute atomic E-state index is 12.2. The minimum absolute atomic E-state index is 0.0498. The first-order chi connectivity index (χ1) is 9.03. The molecule has 1 unspecified atom stereocenters. The van der Waals surface area contributed by atoms with Crippen LogP contribution in [0.5, 0.6) is 0 Å². The lowest BCUT2D eigenvalue weighted by Gasteiger charge is -2.11. The molecule has 1 fully saturated rings. The van der Waals surface area contributed by atoms with E-state index < -0.39 is 10.0 Å². The summed E-state index contributed by atoms with van der Waals surface area (Å²) in [6.45, 7) is 5.75. The summed E-state index contributed by atoms with van der Waals surface area (Å²) in [7, 11) is -3.33. The van der Waals surface area contributed by atoms with E-state index in [1.54, 1.807) is 6.07 Å². The molecule has 2 rings (SSSR count). The van der Waals surface area contributed by atoms with Crippen molar-refractivity contribution < 1.29 is 8.42 Å². The molecular formula is C13H22N2O2S2. The molecule has 1 saturated carbocycles. The topological polar surface area (TPSA) is 58.2 Å². The first kappa shape index (κ1) is 15.0. The molecule has 0 amide bonds. The van der Waals surface area contributed by atoms with Gasteiger partial charge in [0.1, 0.15) is 4.21 Å². The Balaban J connectivity index is 1.95. The largest absolute Gasteiger partial charge is 0.313 e. The molecular weight excluding hydrogens is 280 g/mol. The standard InChI is InChI=1S/C13H22N2O2S2/c1-3-6-14-8-11-7-13(18-9-11)19(16,17)15-10(2)12-4-5-12/h7,9-10,12,14-15H,3-6,8H2,1-2H3. The average molecular weight is 302 g/mol. The number of thiophene rings is 1. The SMILES string of the molecule is CCCNCc1csc(S(=O)(=O)NC(C)C2CC2)c1. The third-order valence-corrected chi connectivity index (χ3v) is 6.37. The minimum atomic E-state index is -3.33. The van der Waals surface area contributed by atoms with Crippen LogP contribution in [-0.2, 0) is 16.6 Å². The average Bonchev–Trinajstić information content (AvgIpc) is 3.09. The molecule has 1 aliphatic carbocycles. The first-order valence-electron chi connectivity index (χ1n) is 6.83. The number of sulfonamides is 1. The predicted octanol–water partition coefficient (Wildman–Crippen LogP) is 2.32. The van der Waals surface area contributed by atoms with Gasteiger partial charge in [-0.3, -0.25) is 0 Å². The van der Waals surface area contributed by atoms with Gasteiger partial charge in [-0.25, -0.2) is 13.1 Å². The van der Waals surface area contributed by atoms with Crippen molar-refractivity contribution in [2.24, 2.45) is 5.92 Å². The Morgan fingerprint density at radius 1 is 1.47 bits per heavy atom. The van der Waals surface area contributed by atoms with Gasteiger partial charge in [-0.05, 0) is 55.7 Å². The van der Waals surface area contributed by atoms with E-state index in [2.05, 4.69) is 17.0 Å². The quantitative estimate of drug-likeness (QED) is 0.725. The van der Waals surface area contributed by atoms with Crippen LogP contribution in [0.1, 0.15) is 38.7 Å². The summed E-state index contributed by atoms with van der Waals surface area (Å²) in [5.74, 6) is 0.528. The van der Waals surface area contributed by atoms with Crippen molar-refractivity contribution in [1.82, 2.24) is 10.0 Å². The van der Waals surface area contributed by atoms with Crippen molar-refractivity contribution in [1.29, 1.82) is 0 Å². The van der Waals surface area contributed by atoms with E-state index in [0.29, 0.717) is 10.1 Å². The van der Waals surface area contributed by atoms with Crippen LogP contribution >= 0.6 is 11.3 Å². The fraction of sp³-hybridized carbons (Fsp3) is 0.692. The number of hydrogen-bond donors (Lipinski definition) is 2. The fourth-order valence-corrected chi connectivity index (χ4v) is 4.53. The fourth-order valence-electron chi connectivity index (χ4n) is 1.99. The van der Waals surface area contributed by atoms with Gasteiger partial charge in [0.25, 0.3) is 0 Å². The normalized spacial score (nSPS) is 17.6. The molecule has 1 atom stereocenters. The van der Waals surface area contributed by atoms with E-state index >= 15 is 0 Å². The molecule has 1 aliphatic rings. The Hall–Kier alpha value is -0.430. The molecule has 1 aromatic rings. The molecule has 1 aromatic heterocycles. The van der Waals surface area contributed by atoms with Crippen LogP contribution in [0.4, 0.5) is 0 Å². The van der Waals surface area contributed by atoms with E-state index in [9.17, 15) is 8.42 Å². The van der Waals surface area contributed by atoms with Gasteiger partial charge in [0.2, 0.25) is 10.0 Å². The predicted molar refractivity (Wildman–Crippen MR) is 78.8 cm³/mol. The van der Waals surface area contributed by atoms with Crippen LogP contribution in [0, 0.1) is 5.92 Å². The molecule has 0 bridgehead atoms. The minimum Gasteiger partial charge on any atom is -0.313 e. The second-order valence-electron chi connectivity index (χ2n) is 5.20. The number of rotatable bonds is 8. The lowest BCUT2D eigenvalue weighted by Crippen LogP contribution is -2.33. The summed E-state index contributed by atoms with van der Waals surface area (Å²) in [5.41, 5.74) is 1.04. The molecule has 0 radical (unpaired) electrons. The highest BCUT2D eigenvalue weighted by atomic mass is 32.2. The highest BCUT2D eigenvalue weighted by Gasteiger charge is 2.31. The number of hydrogen-bond acceptors (Lipinski definition) is 4. The van der Waals surface area contributed by atoms with Crippen LogP contribution in [0.3, 0.4) is 0 Å². The van der Waals surface area contributed by atoms with Crippen molar-refractivity contribution in [2.75, 3.05) is 6.54 Å². The van der Waals surface area contributed by atoms with Crippen LogP contribution < -0.4 is 10.0 Å². The van der Waals surface area contributed by atoms with Crippen molar-refractivity contribution in [3.05, 3.63) is 17.0 Å². The zero-order valence-corrected chi connectivity index (χ0v) is 13.1. The molecule has 6 heteroatoms. The summed E-state index contributed by atoms with van der Waals surface area (Å²) < 4.78 is 27.6. The molecule has 2 N–H and O–H groups in total. The van der Waals surface area contributed by atoms with Gasteiger partial charge in [0.05, 0.1) is 0 Å². The maximum Gasteiger partial charge on any atom is 0.250 e. The molecule has 0 aliphatic heterocycles. The Bertz CT molecular complexity index is 506. The molecule has 108 valence electrons. The highest BCUT2D eigenvalue weighted by molar-refractivity contribution is 7.91. The molecule has 0 aromatic carbocycles. The van der Waals surface area contributed by atoms with Crippen LogP contribution in [0.15, 0.2) is 15.7 Å². The Kier molecular flexibility index (Phi) is 5.00. The summed E-state index contributed by atoms with van der Waals surface area (Å²) in [4.78, 5) is 0. The monoisotopic (exact) mass is 302 g/mol. The van der Waals surface area contributed by atoms with E-state index in [-0.39, 0.29) is 6.04 Å². The van der Waals surface area contributed by atoms with Gasteiger partial charge in [0.15, 0.2) is 0 Å². The Labute approximate surface area is 119 Å². The molecule has 4 nitrogen and oxygen atoms in total. The zero-order chi connectivity index (χ0) is 13.9. The molecule has 0 saturated heterocycles. The summed E-state index contributed by atoms with van der Waals surface area (Å²) in [6, 6.07) is 1.82. The van der Waals surface area contributed by atoms with Crippen molar-refractivity contribution in [3.63, 3.8) is 0 Å². The van der Waals surface area contributed by atoms with E-state index in [1.165, 1.54) is 11.3 Å². The van der Waals surface area contributed by atoms with E-state index in [0.717, 1.165) is 37.9 Å². The third kappa shape index (κ3) is 4.27. The van der Waals surface area contributed by atoms with Crippen LogP contribution in [-0.4, -0.2) is 21.0 Å². The Morgan fingerprint density at radius 3 is 2.84 bits per heavy atom. The van der Waals surface area contributed by atoms with Gasteiger partial charge < -0.3 is 5.32 Å². The lowest BCUT2D eigenvalue weighted by atomic mass is 10.2. The van der Waals surface area contributed by atoms with Crippen molar-refractivity contribution in [3.8, 4) is 0 Å². The maximum atomic E-state index is 12.2. The highest BCUT2D eigenvalue weighted by Crippen LogP contribution is 2.33. The van der Waals surface area contributed by atoms with E-state index in [4.69, 9.17) is 0 Å². The smallest absolute Gasteiger partial charge is 0.250 e. The lowest BCUT2D eigenvalue weighted by molar-refractivity contribution is 0.539. The summed E-state index contributed by atoms with van der Waals surface area (Å²) >= 11 is 1.30. The van der Waals surface area contributed by atoms with Gasteiger partial charge in [0, 0.05) is 12.6 Å². The number of nitrogens with one attached hydrogen (secondary N) is 2. The summed E-state index contributed by atoms with van der Waals surface area (Å²) in [5, 5.41) is 5.19. The van der Waals surface area contributed by atoms with Gasteiger partial charge in [-0.2, -0.15) is 0 Å². The zero-order valence-electron chi connectivity index (χ0n) is 11.5. The van der Waals surface area contributed by atoms with Crippen LogP contribution in [0.2, 0.25) is 0 Å². The van der Waals surface area contributed by atoms with Gasteiger partial charge >= 0.3 is 0 Å². The Morgan fingerprint density at radius 2 is 2.21 bits per heavy atom. The molecule has 19 heavy (non-hydrogen) atoms. The van der Waals surface area contributed by atoms with Gasteiger partial charge in [-0.15, -0.1) is 11.3 Å². The second-order valence-corrected chi connectivity index (χ2v) is 8.05. The molecule has 0 spiro atoms. The van der Waals surface area contributed by atoms with E-state index in [1.807, 2.05) is 12.3 Å². The van der Waals surface area contributed by atoms with Crippen LogP contribution in [0.25, 0.3) is 0 Å².